The lowest BCUT2D eigenvalue weighted by molar-refractivity contribution is 0.281. The van der Waals surface area contributed by atoms with Crippen molar-refractivity contribution in [2.45, 2.75) is 19.9 Å². The van der Waals surface area contributed by atoms with Gasteiger partial charge in [0.2, 0.25) is 0 Å². The van der Waals surface area contributed by atoms with Gasteiger partial charge in [0.1, 0.15) is 12.1 Å². The number of nitrogens with two attached hydrogens (primary N) is 1. The van der Waals surface area contributed by atoms with Gasteiger partial charge in [0, 0.05) is 24.5 Å². The molecule has 0 spiro atoms. The van der Waals surface area contributed by atoms with Crippen LogP contribution >= 0.6 is 0 Å². The van der Waals surface area contributed by atoms with Crippen molar-refractivity contribution >= 4 is 17.3 Å². The highest BCUT2D eigenvalue weighted by Gasteiger charge is 2.16. The van der Waals surface area contributed by atoms with Crippen LogP contribution in [0.4, 0.5) is 11.6 Å². The number of nitrogens with zero attached hydrogens (tertiary/aromatic N) is 5. The Kier molecular flexibility index (Phi) is 3.60. The molecule has 4 N–H and O–H groups in total. The zero-order chi connectivity index (χ0) is 15.7. The SMILES string of the molecule is Cc1cnc2c(-c3cc(N[C@@H](C)CO)ncn3)c(N)nn2c1. The molecular weight excluding hydrogens is 282 g/mol. The monoisotopic (exact) mass is 299 g/mol. The summed E-state index contributed by atoms with van der Waals surface area (Å²) in [5.41, 5.74) is 8.95. The van der Waals surface area contributed by atoms with Crippen LogP contribution in [0.15, 0.2) is 24.8 Å². The molecule has 0 aliphatic heterocycles. The molecule has 0 saturated heterocycles. The van der Waals surface area contributed by atoms with Crippen LogP contribution in [-0.4, -0.2) is 42.3 Å². The molecule has 114 valence electrons. The normalized spacial score (nSPS) is 12.5. The van der Waals surface area contributed by atoms with Crippen molar-refractivity contribution in [3.05, 3.63) is 30.4 Å². The van der Waals surface area contributed by atoms with Crippen molar-refractivity contribution in [3.63, 3.8) is 0 Å². The van der Waals surface area contributed by atoms with Gasteiger partial charge in [0.05, 0.1) is 17.9 Å². The highest BCUT2D eigenvalue weighted by atomic mass is 16.3. The van der Waals surface area contributed by atoms with Gasteiger partial charge in [0.15, 0.2) is 11.5 Å². The first kappa shape index (κ1) is 14.2. The summed E-state index contributed by atoms with van der Waals surface area (Å²) in [6.07, 6.45) is 5.06. The van der Waals surface area contributed by atoms with Crippen molar-refractivity contribution in [1.29, 1.82) is 0 Å². The number of anilines is 2. The molecule has 8 nitrogen and oxygen atoms in total. The molecule has 0 aliphatic rings. The third-order valence-electron chi connectivity index (χ3n) is 3.22. The number of aliphatic hydroxyl groups is 1. The summed E-state index contributed by atoms with van der Waals surface area (Å²) in [7, 11) is 0. The van der Waals surface area contributed by atoms with Crippen LogP contribution in [-0.2, 0) is 0 Å². The maximum Gasteiger partial charge on any atom is 0.166 e. The molecular formula is C14H17N7O. The number of hydrogen-bond acceptors (Lipinski definition) is 7. The van der Waals surface area contributed by atoms with E-state index in [1.807, 2.05) is 20.0 Å². The first-order valence-corrected chi connectivity index (χ1v) is 6.88. The highest BCUT2D eigenvalue weighted by Crippen LogP contribution is 2.28. The molecule has 0 aliphatic carbocycles. The molecule has 0 saturated carbocycles. The fourth-order valence-corrected chi connectivity index (χ4v) is 2.16. The predicted octanol–water partition coefficient (Wildman–Crippen LogP) is 0.870. The second-order valence-electron chi connectivity index (χ2n) is 5.18. The lowest BCUT2D eigenvalue weighted by Gasteiger charge is -2.11. The molecule has 3 aromatic heterocycles. The van der Waals surface area contributed by atoms with Gasteiger partial charge in [-0.3, -0.25) is 0 Å². The van der Waals surface area contributed by atoms with Crippen LogP contribution in [0.2, 0.25) is 0 Å². The minimum atomic E-state index is -0.107. The Morgan fingerprint density at radius 3 is 2.95 bits per heavy atom. The number of aliphatic hydroxyl groups excluding tert-OH is 1. The van der Waals surface area contributed by atoms with E-state index in [0.717, 1.165) is 5.56 Å². The molecule has 22 heavy (non-hydrogen) atoms. The molecule has 0 aromatic carbocycles. The average molecular weight is 299 g/mol. The van der Waals surface area contributed by atoms with Gasteiger partial charge in [0.25, 0.3) is 0 Å². The summed E-state index contributed by atoms with van der Waals surface area (Å²) < 4.78 is 1.64. The van der Waals surface area contributed by atoms with Gasteiger partial charge in [-0.25, -0.2) is 19.5 Å². The zero-order valence-electron chi connectivity index (χ0n) is 12.4. The first-order valence-electron chi connectivity index (χ1n) is 6.88. The van der Waals surface area contributed by atoms with Gasteiger partial charge in [-0.2, -0.15) is 0 Å². The molecule has 3 aromatic rings. The number of aromatic nitrogens is 5. The molecule has 1 atom stereocenters. The van der Waals surface area contributed by atoms with Gasteiger partial charge in [-0.1, -0.05) is 0 Å². The van der Waals surface area contributed by atoms with E-state index in [1.165, 1.54) is 6.33 Å². The molecule has 0 unspecified atom stereocenters. The van der Waals surface area contributed by atoms with Gasteiger partial charge >= 0.3 is 0 Å². The first-order chi connectivity index (χ1) is 10.6. The fraction of sp³-hybridized carbons (Fsp3) is 0.286. The number of fused-ring (bicyclic) bond motifs is 1. The van der Waals surface area contributed by atoms with Gasteiger partial charge < -0.3 is 16.2 Å². The Hall–Kier alpha value is -2.74. The van der Waals surface area contributed by atoms with E-state index in [2.05, 4.69) is 25.4 Å². The van der Waals surface area contributed by atoms with Crippen LogP contribution in [0.1, 0.15) is 12.5 Å². The van der Waals surface area contributed by atoms with E-state index in [-0.39, 0.29) is 12.6 Å². The van der Waals surface area contributed by atoms with Crippen molar-refractivity contribution in [1.82, 2.24) is 24.6 Å². The van der Waals surface area contributed by atoms with Crippen molar-refractivity contribution in [2.24, 2.45) is 0 Å². The largest absolute Gasteiger partial charge is 0.394 e. The molecule has 0 bridgehead atoms. The number of aryl methyl sites for hydroxylation is 1. The van der Waals surface area contributed by atoms with Crippen molar-refractivity contribution in [3.8, 4) is 11.3 Å². The number of hydrogen-bond donors (Lipinski definition) is 3. The molecule has 3 rings (SSSR count). The van der Waals surface area contributed by atoms with Crippen LogP contribution in [0.5, 0.6) is 0 Å². The van der Waals surface area contributed by atoms with E-state index in [1.54, 1.807) is 16.8 Å². The molecule has 8 heteroatoms. The smallest absolute Gasteiger partial charge is 0.166 e. The fourth-order valence-electron chi connectivity index (χ4n) is 2.16. The van der Waals surface area contributed by atoms with Gasteiger partial charge in [-0.05, 0) is 19.4 Å². The lowest BCUT2D eigenvalue weighted by atomic mass is 10.2. The molecule has 0 fully saturated rings. The van der Waals surface area contributed by atoms with Crippen LogP contribution in [0, 0.1) is 6.92 Å². The van der Waals surface area contributed by atoms with Crippen molar-refractivity contribution < 1.29 is 5.11 Å². The number of nitrogens with one attached hydrogen (secondary N) is 1. The van der Waals surface area contributed by atoms with E-state index >= 15 is 0 Å². The standard InChI is InChI=1S/C14H17N7O/c1-8-4-16-14-12(13(15)20-21(14)5-8)10-3-11(18-7-17-10)19-9(2)6-22/h3-5,7,9,22H,6H2,1-2H3,(H2,15,20)(H,17,18,19)/t9-/m0/s1. The van der Waals surface area contributed by atoms with E-state index in [0.29, 0.717) is 28.5 Å². The summed E-state index contributed by atoms with van der Waals surface area (Å²) in [4.78, 5) is 12.8. The minimum absolute atomic E-state index is 0.0129. The maximum absolute atomic E-state index is 9.11. The average Bonchev–Trinajstić information content (AvgIpc) is 2.82. The lowest BCUT2D eigenvalue weighted by Crippen LogP contribution is -2.20. The Bertz CT molecular complexity index is 814. The van der Waals surface area contributed by atoms with E-state index in [4.69, 9.17) is 10.8 Å². The summed E-state index contributed by atoms with van der Waals surface area (Å²) >= 11 is 0. The highest BCUT2D eigenvalue weighted by molar-refractivity contribution is 5.84. The van der Waals surface area contributed by atoms with Crippen LogP contribution in [0.3, 0.4) is 0 Å². The third-order valence-corrected chi connectivity index (χ3v) is 3.22. The Morgan fingerprint density at radius 2 is 2.18 bits per heavy atom. The second-order valence-corrected chi connectivity index (χ2v) is 5.18. The predicted molar refractivity (Wildman–Crippen MR) is 83.3 cm³/mol. The molecule has 0 radical (unpaired) electrons. The number of nitrogen functional groups attached to an aromatic ring is 1. The van der Waals surface area contributed by atoms with Crippen LogP contribution < -0.4 is 11.1 Å². The Balaban J connectivity index is 2.07. The second kappa shape index (κ2) is 5.57. The van der Waals surface area contributed by atoms with E-state index in [9.17, 15) is 0 Å². The molecule has 0 amide bonds. The number of rotatable bonds is 4. The summed E-state index contributed by atoms with van der Waals surface area (Å²) in [6.45, 7) is 3.81. The Morgan fingerprint density at radius 1 is 1.36 bits per heavy atom. The van der Waals surface area contributed by atoms with Gasteiger partial charge in [-0.15, -0.1) is 5.10 Å². The summed E-state index contributed by atoms with van der Waals surface area (Å²) in [6, 6.07) is 1.66. The van der Waals surface area contributed by atoms with Crippen molar-refractivity contribution in [2.75, 3.05) is 17.7 Å². The summed E-state index contributed by atoms with van der Waals surface area (Å²) in [5, 5.41) is 16.5. The summed E-state index contributed by atoms with van der Waals surface area (Å²) in [5.74, 6) is 0.968. The minimum Gasteiger partial charge on any atom is -0.394 e. The maximum atomic E-state index is 9.11. The zero-order valence-corrected chi connectivity index (χ0v) is 12.4. The third kappa shape index (κ3) is 2.56. The molecule has 3 heterocycles. The quantitative estimate of drug-likeness (QED) is 0.654. The van der Waals surface area contributed by atoms with E-state index < -0.39 is 0 Å². The van der Waals surface area contributed by atoms with Crippen LogP contribution in [0.25, 0.3) is 16.9 Å². The topological polar surface area (TPSA) is 114 Å². The Labute approximate surface area is 127 Å².